The lowest BCUT2D eigenvalue weighted by Crippen LogP contribution is -2.28. The van der Waals surface area contributed by atoms with Gasteiger partial charge < -0.3 is 9.63 Å². The highest BCUT2D eigenvalue weighted by molar-refractivity contribution is 5.66. The van der Waals surface area contributed by atoms with Gasteiger partial charge in [-0.1, -0.05) is 5.16 Å². The molecule has 2 rings (SSSR count). The maximum atomic E-state index is 10.5. The van der Waals surface area contributed by atoms with E-state index in [9.17, 15) is 4.79 Å². The molecule has 16 heavy (non-hydrogen) atoms. The van der Waals surface area contributed by atoms with Crippen LogP contribution in [0.25, 0.3) is 0 Å². The minimum atomic E-state index is -0.771. The maximum Gasteiger partial charge on any atom is 0.304 e. The predicted molar refractivity (Wildman–Crippen MR) is 54.7 cm³/mol. The lowest BCUT2D eigenvalue weighted by molar-refractivity contribution is -0.137. The van der Waals surface area contributed by atoms with Gasteiger partial charge >= 0.3 is 5.97 Å². The first-order valence-electron chi connectivity index (χ1n) is 5.40. The van der Waals surface area contributed by atoms with Crippen molar-refractivity contribution in [2.75, 3.05) is 6.54 Å². The standard InChI is InChI=1S/C10H15N3O3/c1-7-11-9(16-12-7)6-13(8-2-3-8)5-4-10(14)15/h8H,2-6H2,1H3,(H,14,15). The van der Waals surface area contributed by atoms with Gasteiger partial charge in [-0.2, -0.15) is 4.98 Å². The molecule has 1 aliphatic rings. The fourth-order valence-electron chi connectivity index (χ4n) is 1.65. The van der Waals surface area contributed by atoms with Gasteiger partial charge in [0.2, 0.25) is 5.89 Å². The third-order valence-electron chi connectivity index (χ3n) is 2.58. The number of rotatable bonds is 6. The number of hydrogen-bond acceptors (Lipinski definition) is 5. The summed E-state index contributed by atoms with van der Waals surface area (Å²) in [5.41, 5.74) is 0. The van der Waals surface area contributed by atoms with Crippen LogP contribution in [-0.4, -0.2) is 38.7 Å². The molecule has 0 amide bonds. The molecule has 1 aromatic rings. The molecule has 0 radical (unpaired) electrons. The quantitative estimate of drug-likeness (QED) is 0.772. The summed E-state index contributed by atoms with van der Waals surface area (Å²) in [5, 5.41) is 12.4. The van der Waals surface area contributed by atoms with E-state index in [4.69, 9.17) is 9.63 Å². The summed E-state index contributed by atoms with van der Waals surface area (Å²) < 4.78 is 5.03. The number of nitrogens with zero attached hydrogens (tertiary/aromatic N) is 3. The molecule has 1 aliphatic carbocycles. The van der Waals surface area contributed by atoms with Crippen LogP contribution < -0.4 is 0 Å². The van der Waals surface area contributed by atoms with E-state index in [1.807, 2.05) is 0 Å². The van der Waals surface area contributed by atoms with E-state index in [2.05, 4.69) is 15.0 Å². The predicted octanol–water partition coefficient (Wildman–Crippen LogP) is 0.817. The first kappa shape index (κ1) is 11.1. The van der Waals surface area contributed by atoms with Gasteiger partial charge in [0.1, 0.15) is 0 Å². The average Bonchev–Trinajstić information content (AvgIpc) is 2.98. The Hall–Kier alpha value is -1.43. The van der Waals surface area contributed by atoms with Crippen LogP contribution in [0.5, 0.6) is 0 Å². The van der Waals surface area contributed by atoms with Crippen LogP contribution in [-0.2, 0) is 11.3 Å². The number of aryl methyl sites for hydroxylation is 1. The molecule has 0 unspecified atom stereocenters. The number of carbonyl (C=O) groups is 1. The van der Waals surface area contributed by atoms with Crippen LogP contribution >= 0.6 is 0 Å². The topological polar surface area (TPSA) is 79.5 Å². The summed E-state index contributed by atoms with van der Waals surface area (Å²) in [7, 11) is 0. The lowest BCUT2D eigenvalue weighted by Gasteiger charge is -2.18. The number of aromatic nitrogens is 2. The molecule has 0 aliphatic heterocycles. The molecule has 1 fully saturated rings. The van der Waals surface area contributed by atoms with Gasteiger partial charge in [-0.25, -0.2) is 0 Å². The zero-order chi connectivity index (χ0) is 11.5. The van der Waals surface area contributed by atoms with E-state index in [-0.39, 0.29) is 6.42 Å². The molecule has 1 aromatic heterocycles. The van der Waals surface area contributed by atoms with E-state index >= 15 is 0 Å². The fourth-order valence-corrected chi connectivity index (χ4v) is 1.65. The van der Waals surface area contributed by atoms with Gasteiger partial charge in [0.15, 0.2) is 5.82 Å². The Morgan fingerprint density at radius 3 is 2.88 bits per heavy atom. The van der Waals surface area contributed by atoms with Crippen LogP contribution in [0, 0.1) is 6.92 Å². The van der Waals surface area contributed by atoms with Gasteiger partial charge in [-0.15, -0.1) is 0 Å². The van der Waals surface area contributed by atoms with Crippen molar-refractivity contribution in [1.29, 1.82) is 0 Å². The highest BCUT2D eigenvalue weighted by Gasteiger charge is 2.30. The molecule has 88 valence electrons. The van der Waals surface area contributed by atoms with Gasteiger partial charge in [-0.05, 0) is 19.8 Å². The molecule has 1 heterocycles. The molecule has 6 nitrogen and oxygen atoms in total. The Morgan fingerprint density at radius 2 is 2.38 bits per heavy atom. The van der Waals surface area contributed by atoms with Gasteiger partial charge in [-0.3, -0.25) is 9.69 Å². The summed E-state index contributed by atoms with van der Waals surface area (Å²) in [6.45, 7) is 2.87. The van der Waals surface area contributed by atoms with E-state index in [1.54, 1.807) is 6.92 Å². The SMILES string of the molecule is Cc1noc(CN(CCC(=O)O)C2CC2)n1. The molecule has 0 atom stereocenters. The Bertz CT molecular complexity index is 373. The third kappa shape index (κ3) is 3.03. The number of aliphatic carboxylic acids is 1. The van der Waals surface area contributed by atoms with Crippen LogP contribution in [0.4, 0.5) is 0 Å². The number of carboxylic acid groups (broad SMARTS) is 1. The van der Waals surface area contributed by atoms with E-state index in [1.165, 1.54) is 0 Å². The van der Waals surface area contributed by atoms with Crippen molar-refractivity contribution < 1.29 is 14.4 Å². The molecular formula is C10H15N3O3. The second-order valence-electron chi connectivity index (χ2n) is 4.08. The number of hydrogen-bond donors (Lipinski definition) is 1. The van der Waals surface area contributed by atoms with Crippen LogP contribution in [0.15, 0.2) is 4.52 Å². The Labute approximate surface area is 93.2 Å². The Balaban J connectivity index is 1.89. The van der Waals surface area contributed by atoms with Gasteiger partial charge in [0.05, 0.1) is 13.0 Å². The zero-order valence-electron chi connectivity index (χ0n) is 9.22. The first-order valence-corrected chi connectivity index (χ1v) is 5.40. The van der Waals surface area contributed by atoms with Crippen molar-refractivity contribution in [1.82, 2.24) is 15.0 Å². The number of carboxylic acids is 1. The molecular weight excluding hydrogens is 210 g/mol. The summed E-state index contributed by atoms with van der Waals surface area (Å²) in [6.07, 6.45) is 2.42. The lowest BCUT2D eigenvalue weighted by atomic mass is 10.3. The van der Waals surface area contributed by atoms with Crippen LogP contribution in [0.3, 0.4) is 0 Å². The van der Waals surface area contributed by atoms with Crippen molar-refractivity contribution in [2.24, 2.45) is 0 Å². The van der Waals surface area contributed by atoms with E-state index in [0.29, 0.717) is 30.8 Å². The van der Waals surface area contributed by atoms with E-state index < -0.39 is 5.97 Å². The molecule has 0 bridgehead atoms. The minimum absolute atomic E-state index is 0.156. The molecule has 1 N–H and O–H groups in total. The van der Waals surface area contributed by atoms with Crippen LogP contribution in [0.2, 0.25) is 0 Å². The Kier molecular flexibility index (Phi) is 3.19. The molecule has 6 heteroatoms. The average molecular weight is 225 g/mol. The second kappa shape index (κ2) is 4.61. The van der Waals surface area contributed by atoms with Crippen molar-refractivity contribution in [3.63, 3.8) is 0 Å². The maximum absolute atomic E-state index is 10.5. The fraction of sp³-hybridized carbons (Fsp3) is 0.700. The first-order chi connectivity index (χ1) is 7.65. The largest absolute Gasteiger partial charge is 0.481 e. The van der Waals surface area contributed by atoms with E-state index in [0.717, 1.165) is 12.8 Å². The summed E-state index contributed by atoms with van der Waals surface area (Å²) >= 11 is 0. The van der Waals surface area contributed by atoms with Gasteiger partial charge in [0, 0.05) is 12.6 Å². The highest BCUT2D eigenvalue weighted by atomic mass is 16.5. The third-order valence-corrected chi connectivity index (χ3v) is 2.58. The molecule has 0 saturated heterocycles. The van der Waals surface area contributed by atoms with Gasteiger partial charge in [0.25, 0.3) is 0 Å². The highest BCUT2D eigenvalue weighted by Crippen LogP contribution is 2.28. The smallest absolute Gasteiger partial charge is 0.304 e. The normalized spacial score (nSPS) is 15.6. The summed E-state index contributed by atoms with van der Waals surface area (Å²) in [5.74, 6) is 0.408. The van der Waals surface area contributed by atoms with Crippen molar-refractivity contribution >= 4 is 5.97 Å². The molecule has 0 spiro atoms. The zero-order valence-corrected chi connectivity index (χ0v) is 9.22. The van der Waals surface area contributed by atoms with Crippen molar-refractivity contribution in [3.05, 3.63) is 11.7 Å². The second-order valence-corrected chi connectivity index (χ2v) is 4.08. The molecule has 1 saturated carbocycles. The summed E-state index contributed by atoms with van der Waals surface area (Å²) in [6, 6.07) is 0.492. The minimum Gasteiger partial charge on any atom is -0.481 e. The van der Waals surface area contributed by atoms with Crippen molar-refractivity contribution in [3.8, 4) is 0 Å². The summed E-state index contributed by atoms with van der Waals surface area (Å²) in [4.78, 5) is 16.7. The Morgan fingerprint density at radius 1 is 1.62 bits per heavy atom. The van der Waals surface area contributed by atoms with Crippen LogP contribution in [0.1, 0.15) is 31.0 Å². The monoisotopic (exact) mass is 225 g/mol. The van der Waals surface area contributed by atoms with Crippen molar-refractivity contribution in [2.45, 2.75) is 38.8 Å². The molecule has 0 aromatic carbocycles.